The van der Waals surface area contributed by atoms with Crippen LogP contribution in [-0.2, 0) is 47.4 Å². The number of hydrogen-bond acceptors (Lipinski definition) is 0. The second-order valence-electron chi connectivity index (χ2n) is 16.1. The summed E-state index contributed by atoms with van der Waals surface area (Å²) in [4.78, 5) is 0. The SMILES string of the molecule is CC(C)(C)c1ccc2c(c1)[cH-]c1cc(C(C)(C)C)ccc12.CC1=[C-]C(C)C=C1C(C)C.FC(F)(F)c1cccc([C](=[Zr+2])c2cccc(C(F)(F)F)c2)c1.[Cl-].[Cl-]. The maximum Gasteiger partial charge on any atom is -1.00 e. The van der Waals surface area contributed by atoms with Gasteiger partial charge in [0.2, 0.25) is 0 Å². The molecule has 0 saturated carbocycles. The number of alkyl halides is 6. The number of fused-ring (bicyclic) bond motifs is 3. The van der Waals surface area contributed by atoms with E-state index in [9.17, 15) is 26.3 Å². The van der Waals surface area contributed by atoms with Gasteiger partial charge in [-0.2, -0.15) is 11.6 Å². The predicted octanol–water partition coefficient (Wildman–Crippen LogP) is 8.12. The van der Waals surface area contributed by atoms with Gasteiger partial charge in [0.1, 0.15) is 0 Å². The van der Waals surface area contributed by atoms with Crippen LogP contribution in [0.5, 0.6) is 0 Å². The Morgan fingerprint density at radius 1 is 0.636 bits per heavy atom. The van der Waals surface area contributed by atoms with E-state index in [4.69, 9.17) is 0 Å². The maximum atomic E-state index is 12.7. The fourth-order valence-electron chi connectivity index (χ4n) is 6.31. The summed E-state index contributed by atoms with van der Waals surface area (Å²) in [5.74, 6) is 1.20. The van der Waals surface area contributed by atoms with Crippen LogP contribution in [0.25, 0.3) is 21.5 Å². The molecule has 0 saturated heterocycles. The molecule has 0 aromatic heterocycles. The molecule has 5 aromatic rings. The topological polar surface area (TPSA) is 0 Å². The quantitative estimate of drug-likeness (QED) is 0.127. The summed E-state index contributed by atoms with van der Waals surface area (Å²) >= 11 is 0.729. The summed E-state index contributed by atoms with van der Waals surface area (Å²) in [6.45, 7) is 22.4. The smallest absolute Gasteiger partial charge is 1.00 e. The van der Waals surface area contributed by atoms with Gasteiger partial charge < -0.3 is 24.8 Å². The first-order valence-electron chi connectivity index (χ1n) is 17.8. The van der Waals surface area contributed by atoms with Crippen molar-refractivity contribution >= 4 is 24.8 Å². The molecule has 0 spiro atoms. The fraction of sp³-hybridized carbons (Fsp3) is 0.348. The first kappa shape index (κ1) is 48.3. The summed E-state index contributed by atoms with van der Waals surface area (Å²) in [5.41, 5.74) is 4.94. The van der Waals surface area contributed by atoms with Gasteiger partial charge >= 0.3 is 137 Å². The Morgan fingerprint density at radius 3 is 1.33 bits per heavy atom. The molecule has 5 aromatic carbocycles. The third-order valence-corrected chi connectivity index (χ3v) is 10.7. The summed E-state index contributed by atoms with van der Waals surface area (Å²) < 4.78 is 76.7. The number of halogens is 8. The van der Waals surface area contributed by atoms with Crippen molar-refractivity contribution in [1.82, 2.24) is 0 Å². The van der Waals surface area contributed by atoms with Crippen molar-refractivity contribution in [2.45, 2.75) is 92.4 Å². The Kier molecular flexibility index (Phi) is 16.3. The van der Waals surface area contributed by atoms with Gasteiger partial charge in [-0.3, -0.25) is 6.08 Å². The summed E-state index contributed by atoms with van der Waals surface area (Å²) in [5, 5.41) is 5.48. The molecule has 0 N–H and O–H groups in total. The first-order valence-corrected chi connectivity index (χ1v) is 19.0. The van der Waals surface area contributed by atoms with Gasteiger partial charge in [0.05, 0.1) is 0 Å². The average molecular weight is 877 g/mol. The molecule has 6 rings (SSSR count). The number of rotatable bonds is 3. The number of allylic oxidation sites excluding steroid dienone is 4. The Bertz CT molecular complexity index is 2020. The zero-order valence-corrected chi connectivity index (χ0v) is 36.9. The summed E-state index contributed by atoms with van der Waals surface area (Å²) in [7, 11) is 0. The van der Waals surface area contributed by atoms with E-state index in [0.29, 0.717) is 15.0 Å². The molecule has 0 heterocycles. The van der Waals surface area contributed by atoms with E-state index in [-0.39, 0.29) is 46.8 Å². The molecule has 0 aliphatic heterocycles. The van der Waals surface area contributed by atoms with Crippen LogP contribution >= 0.6 is 0 Å². The standard InChI is InChI=1S/C21H25.C15H8F6.C10H15.2ClH.Zr/c1-20(2,3)16-7-9-18-14(12-16)11-15-13-17(21(4,5)6)8-10-19(15)18;16-14(17,18)12-5-1-3-10(8-12)7-11-4-2-6-13(9-11)15(19,20)21;1-7(2)10-6-8(3)5-9(10)4;;;/h7-13H,1-6H3;1-6,8-9H;6-8H,1-4H3;2*1H;/q-1;;-1;;;+2/p-2. The Hall–Kier alpha value is -2.86. The van der Waals surface area contributed by atoms with E-state index in [2.05, 4.69) is 124 Å². The van der Waals surface area contributed by atoms with Crippen molar-refractivity contribution in [3.05, 3.63) is 148 Å². The molecule has 0 fully saturated rings. The largest absolute Gasteiger partial charge is 1.00 e. The van der Waals surface area contributed by atoms with E-state index in [1.54, 1.807) is 0 Å². The minimum atomic E-state index is -4.49. The Labute approximate surface area is 350 Å². The molecule has 1 atom stereocenters. The molecule has 0 radical (unpaired) electrons. The van der Waals surface area contributed by atoms with Crippen molar-refractivity contribution in [2.75, 3.05) is 0 Å². The van der Waals surface area contributed by atoms with Crippen LogP contribution < -0.4 is 24.8 Å². The molecule has 55 heavy (non-hydrogen) atoms. The minimum absolute atomic E-state index is 0. The Balaban J connectivity index is 0.000000298. The van der Waals surface area contributed by atoms with Crippen molar-refractivity contribution in [2.24, 2.45) is 11.8 Å². The zero-order valence-electron chi connectivity index (χ0n) is 32.9. The molecule has 1 aliphatic rings. The minimum Gasteiger partial charge on any atom is -1.00 e. The second kappa shape index (κ2) is 18.6. The van der Waals surface area contributed by atoms with Crippen LogP contribution in [0.2, 0.25) is 0 Å². The van der Waals surface area contributed by atoms with E-state index >= 15 is 0 Å². The van der Waals surface area contributed by atoms with Gasteiger partial charge in [0.15, 0.2) is 0 Å². The average Bonchev–Trinajstić information content (AvgIpc) is 3.61. The van der Waals surface area contributed by atoms with Crippen molar-refractivity contribution in [1.29, 1.82) is 0 Å². The van der Waals surface area contributed by atoms with E-state index in [1.807, 2.05) is 0 Å². The summed E-state index contributed by atoms with van der Waals surface area (Å²) in [6.07, 6.45) is -3.29. The van der Waals surface area contributed by atoms with Crippen LogP contribution in [0.3, 0.4) is 0 Å². The molecule has 1 unspecified atom stereocenters. The van der Waals surface area contributed by atoms with Crippen LogP contribution in [0.4, 0.5) is 26.3 Å². The fourth-order valence-corrected chi connectivity index (χ4v) is 7.07. The van der Waals surface area contributed by atoms with Crippen LogP contribution in [0, 0.1) is 17.9 Å². The van der Waals surface area contributed by atoms with Gasteiger partial charge in [0.25, 0.3) is 0 Å². The van der Waals surface area contributed by atoms with Crippen molar-refractivity contribution < 1.29 is 75.4 Å². The van der Waals surface area contributed by atoms with Crippen LogP contribution in [0.15, 0.2) is 108 Å². The van der Waals surface area contributed by atoms with Crippen molar-refractivity contribution in [3.8, 4) is 0 Å². The van der Waals surface area contributed by atoms with Crippen LogP contribution in [0.1, 0.15) is 103 Å². The molecule has 0 amide bonds. The van der Waals surface area contributed by atoms with Gasteiger partial charge in [-0.15, -0.1) is 39.7 Å². The molecule has 9 heteroatoms. The van der Waals surface area contributed by atoms with E-state index in [1.165, 1.54) is 68.1 Å². The predicted molar refractivity (Wildman–Crippen MR) is 205 cm³/mol. The maximum absolute atomic E-state index is 12.7. The normalized spacial score (nSPS) is 14.6. The molecule has 0 bridgehead atoms. The van der Waals surface area contributed by atoms with Gasteiger partial charge in [-0.1, -0.05) is 116 Å². The molecule has 0 nitrogen and oxygen atoms in total. The van der Waals surface area contributed by atoms with Gasteiger partial charge in [-0.05, 0) is 10.8 Å². The number of benzene rings is 4. The van der Waals surface area contributed by atoms with Crippen LogP contribution in [-0.4, -0.2) is 3.21 Å². The zero-order chi connectivity index (χ0) is 39.7. The molecule has 1 aliphatic carbocycles. The Morgan fingerprint density at radius 2 is 1.04 bits per heavy atom. The molecular weight excluding hydrogens is 829 g/mol. The van der Waals surface area contributed by atoms with Gasteiger partial charge in [0, 0.05) is 0 Å². The van der Waals surface area contributed by atoms with Crippen molar-refractivity contribution in [3.63, 3.8) is 0 Å². The first-order chi connectivity index (χ1) is 24.4. The summed E-state index contributed by atoms with van der Waals surface area (Å²) in [6, 6.07) is 25.3. The third-order valence-electron chi connectivity index (χ3n) is 9.32. The van der Waals surface area contributed by atoms with E-state index in [0.717, 1.165) is 48.5 Å². The number of hydrogen-bond donors (Lipinski definition) is 0. The molecule has 294 valence electrons. The second-order valence-corrected chi connectivity index (χ2v) is 17.3. The third kappa shape index (κ3) is 12.6. The molecular formula is C46H48Cl2F6Zr-2. The van der Waals surface area contributed by atoms with Gasteiger partial charge in [-0.25, -0.2) is 5.57 Å². The monoisotopic (exact) mass is 874 g/mol. The van der Waals surface area contributed by atoms with E-state index < -0.39 is 23.5 Å².